The molecule has 0 saturated carbocycles. The van der Waals surface area contributed by atoms with Crippen molar-refractivity contribution in [2.75, 3.05) is 0 Å². The van der Waals surface area contributed by atoms with Crippen molar-refractivity contribution in [1.29, 1.82) is 0 Å². The quantitative estimate of drug-likeness (QED) is 0.648. The Balaban J connectivity index is 2.38. The lowest BCUT2D eigenvalue weighted by Crippen LogP contribution is -2.30. The van der Waals surface area contributed by atoms with Gasteiger partial charge in [0.1, 0.15) is 0 Å². The van der Waals surface area contributed by atoms with Gasteiger partial charge in [0, 0.05) is 12.2 Å². The van der Waals surface area contributed by atoms with Crippen LogP contribution in [0.3, 0.4) is 0 Å². The monoisotopic (exact) mass is 176 g/mol. The summed E-state index contributed by atoms with van der Waals surface area (Å²) in [5.41, 5.74) is 1.66. The van der Waals surface area contributed by atoms with Crippen molar-refractivity contribution in [2.24, 2.45) is 0 Å². The van der Waals surface area contributed by atoms with E-state index in [9.17, 15) is 4.79 Å². The lowest BCUT2D eigenvalue weighted by Gasteiger charge is -2.19. The molecule has 1 aliphatic heterocycles. The second kappa shape index (κ2) is 2.83. The number of aromatic nitrogens is 1. The van der Waals surface area contributed by atoms with Crippen molar-refractivity contribution in [3.05, 3.63) is 29.6 Å². The Kier molecular flexibility index (Phi) is 1.79. The van der Waals surface area contributed by atoms with Crippen LogP contribution in [0.25, 0.3) is 0 Å². The molecule has 1 aliphatic rings. The molecule has 2 heterocycles. The fourth-order valence-electron chi connectivity index (χ4n) is 1.56. The van der Waals surface area contributed by atoms with E-state index in [1.54, 1.807) is 12.3 Å². The van der Waals surface area contributed by atoms with Gasteiger partial charge < -0.3 is 4.90 Å². The number of carbonyl (C=O) groups excluding carboxylic acids is 1. The predicted molar refractivity (Wildman–Crippen MR) is 49.2 cm³/mol. The third kappa shape index (κ3) is 1.20. The van der Waals surface area contributed by atoms with Crippen LogP contribution in [0.15, 0.2) is 18.3 Å². The molecular formula is C10H12N2O. The minimum Gasteiger partial charge on any atom is -0.330 e. The Bertz CT molecular complexity index is 347. The van der Waals surface area contributed by atoms with Crippen LogP contribution in [-0.4, -0.2) is 21.8 Å². The van der Waals surface area contributed by atoms with Gasteiger partial charge in [-0.2, -0.15) is 0 Å². The van der Waals surface area contributed by atoms with E-state index in [4.69, 9.17) is 0 Å². The van der Waals surface area contributed by atoms with Gasteiger partial charge in [-0.25, -0.2) is 0 Å². The van der Waals surface area contributed by atoms with Gasteiger partial charge in [0.2, 0.25) is 0 Å². The molecule has 2 rings (SSSR count). The summed E-state index contributed by atoms with van der Waals surface area (Å²) >= 11 is 0. The van der Waals surface area contributed by atoms with Gasteiger partial charge in [-0.1, -0.05) is 0 Å². The molecule has 0 atom stereocenters. The first-order chi connectivity index (χ1) is 6.20. The highest BCUT2D eigenvalue weighted by atomic mass is 16.2. The zero-order valence-corrected chi connectivity index (χ0v) is 7.82. The van der Waals surface area contributed by atoms with E-state index >= 15 is 0 Å². The highest BCUT2D eigenvalue weighted by Crippen LogP contribution is 2.21. The van der Waals surface area contributed by atoms with Crippen molar-refractivity contribution in [2.45, 2.75) is 26.4 Å². The van der Waals surface area contributed by atoms with E-state index in [0.29, 0.717) is 6.54 Å². The molecule has 0 spiro atoms. The normalized spacial score (nSPS) is 15.3. The van der Waals surface area contributed by atoms with Gasteiger partial charge in [0.25, 0.3) is 5.91 Å². The molecule has 1 amide bonds. The summed E-state index contributed by atoms with van der Waals surface area (Å²) in [4.78, 5) is 17.7. The topological polar surface area (TPSA) is 33.2 Å². The fourth-order valence-corrected chi connectivity index (χ4v) is 1.56. The molecular weight excluding hydrogens is 164 g/mol. The molecule has 0 radical (unpaired) electrons. The van der Waals surface area contributed by atoms with Crippen LogP contribution in [0.1, 0.15) is 29.9 Å². The van der Waals surface area contributed by atoms with Crippen LogP contribution in [0.4, 0.5) is 0 Å². The van der Waals surface area contributed by atoms with Crippen LogP contribution in [0.5, 0.6) is 0 Å². The molecule has 13 heavy (non-hydrogen) atoms. The van der Waals surface area contributed by atoms with E-state index in [1.165, 1.54) is 0 Å². The van der Waals surface area contributed by atoms with Gasteiger partial charge in [0.15, 0.2) is 0 Å². The lowest BCUT2D eigenvalue weighted by molar-refractivity contribution is 0.0730. The summed E-state index contributed by atoms with van der Waals surface area (Å²) in [7, 11) is 0. The number of fused-ring (bicyclic) bond motifs is 1. The number of hydrogen-bond acceptors (Lipinski definition) is 2. The highest BCUT2D eigenvalue weighted by Gasteiger charge is 2.29. The second-order valence-electron chi connectivity index (χ2n) is 3.52. The molecule has 3 nitrogen and oxygen atoms in total. The average Bonchev–Trinajstić information content (AvgIpc) is 2.45. The maximum absolute atomic E-state index is 11.7. The number of hydrogen-bond donors (Lipinski definition) is 0. The largest absolute Gasteiger partial charge is 0.330 e. The van der Waals surface area contributed by atoms with Gasteiger partial charge in [-0.15, -0.1) is 0 Å². The smallest absolute Gasteiger partial charge is 0.256 e. The standard InChI is InChI=1S/C10H12N2O/c1-7(2)12-6-9-8(10(12)13)4-3-5-11-9/h3-5,7H,6H2,1-2H3. The number of rotatable bonds is 1. The van der Waals surface area contributed by atoms with Gasteiger partial charge in [-0.3, -0.25) is 9.78 Å². The number of nitrogens with zero attached hydrogens (tertiary/aromatic N) is 2. The number of pyridine rings is 1. The molecule has 0 bridgehead atoms. The van der Waals surface area contributed by atoms with Crippen molar-refractivity contribution >= 4 is 5.91 Å². The van der Waals surface area contributed by atoms with Crippen molar-refractivity contribution in [3.8, 4) is 0 Å². The molecule has 68 valence electrons. The molecule has 0 unspecified atom stereocenters. The van der Waals surface area contributed by atoms with Gasteiger partial charge >= 0.3 is 0 Å². The zero-order valence-electron chi connectivity index (χ0n) is 7.82. The summed E-state index contributed by atoms with van der Waals surface area (Å²) < 4.78 is 0. The maximum Gasteiger partial charge on any atom is 0.256 e. The van der Waals surface area contributed by atoms with E-state index in [2.05, 4.69) is 4.98 Å². The Hall–Kier alpha value is -1.38. The van der Waals surface area contributed by atoms with E-state index in [-0.39, 0.29) is 11.9 Å². The first-order valence-electron chi connectivity index (χ1n) is 4.45. The summed E-state index contributed by atoms with van der Waals surface area (Å²) in [6.45, 7) is 4.69. The number of carbonyl (C=O) groups is 1. The molecule has 0 N–H and O–H groups in total. The van der Waals surface area contributed by atoms with Crippen LogP contribution in [0.2, 0.25) is 0 Å². The Morgan fingerprint density at radius 3 is 2.92 bits per heavy atom. The first-order valence-corrected chi connectivity index (χ1v) is 4.45. The summed E-state index contributed by atoms with van der Waals surface area (Å²) in [5.74, 6) is 0.109. The molecule has 0 aliphatic carbocycles. The second-order valence-corrected chi connectivity index (χ2v) is 3.52. The molecule has 0 aromatic carbocycles. The van der Waals surface area contributed by atoms with Crippen molar-refractivity contribution < 1.29 is 4.79 Å². The Morgan fingerprint density at radius 2 is 2.31 bits per heavy atom. The minimum atomic E-state index is 0.109. The molecule has 3 heteroatoms. The van der Waals surface area contributed by atoms with E-state index < -0.39 is 0 Å². The zero-order chi connectivity index (χ0) is 9.42. The molecule has 0 fully saturated rings. The molecule has 1 aromatic heterocycles. The summed E-state index contributed by atoms with van der Waals surface area (Å²) in [6, 6.07) is 3.90. The number of amides is 1. The molecule has 0 saturated heterocycles. The first kappa shape index (κ1) is 8.23. The summed E-state index contributed by atoms with van der Waals surface area (Å²) in [5, 5.41) is 0. The van der Waals surface area contributed by atoms with E-state index in [1.807, 2.05) is 24.8 Å². The third-order valence-corrected chi connectivity index (χ3v) is 2.32. The van der Waals surface area contributed by atoms with E-state index in [0.717, 1.165) is 11.3 Å². The van der Waals surface area contributed by atoms with Crippen LogP contribution >= 0.6 is 0 Å². The van der Waals surface area contributed by atoms with Crippen LogP contribution in [0, 0.1) is 0 Å². The van der Waals surface area contributed by atoms with Crippen LogP contribution < -0.4 is 0 Å². The third-order valence-electron chi connectivity index (χ3n) is 2.32. The minimum absolute atomic E-state index is 0.109. The Labute approximate surface area is 77.4 Å². The predicted octanol–water partition coefficient (Wildman–Crippen LogP) is 1.45. The SMILES string of the molecule is CC(C)N1Cc2ncccc2C1=O. The van der Waals surface area contributed by atoms with Crippen molar-refractivity contribution in [1.82, 2.24) is 9.88 Å². The molecule has 1 aromatic rings. The highest BCUT2D eigenvalue weighted by molar-refractivity contribution is 5.97. The van der Waals surface area contributed by atoms with Gasteiger partial charge in [-0.05, 0) is 26.0 Å². The van der Waals surface area contributed by atoms with Gasteiger partial charge in [0.05, 0.1) is 17.8 Å². The van der Waals surface area contributed by atoms with Crippen LogP contribution in [-0.2, 0) is 6.54 Å². The average molecular weight is 176 g/mol. The lowest BCUT2D eigenvalue weighted by atomic mass is 10.2. The maximum atomic E-state index is 11.7. The fraction of sp³-hybridized carbons (Fsp3) is 0.400. The Morgan fingerprint density at radius 1 is 1.54 bits per heavy atom. The van der Waals surface area contributed by atoms with Crippen molar-refractivity contribution in [3.63, 3.8) is 0 Å². The summed E-state index contributed by atoms with van der Waals surface area (Å²) in [6.07, 6.45) is 1.73.